The summed E-state index contributed by atoms with van der Waals surface area (Å²) in [5, 5.41) is 10.9. The van der Waals surface area contributed by atoms with Crippen molar-refractivity contribution in [3.63, 3.8) is 0 Å². The highest BCUT2D eigenvalue weighted by Gasteiger charge is 2.33. The standard InChI is InChI=1S/C10H17F2NO3/c1-4-6(8(15)16)13-7(14)5-10(2,3)9(11)12/h6,9H,4-5H2,1-3H3,(H,13,14)(H,15,16). The van der Waals surface area contributed by atoms with Gasteiger partial charge in [0.1, 0.15) is 6.04 Å². The van der Waals surface area contributed by atoms with E-state index in [0.29, 0.717) is 0 Å². The van der Waals surface area contributed by atoms with E-state index in [1.54, 1.807) is 6.92 Å². The summed E-state index contributed by atoms with van der Waals surface area (Å²) in [7, 11) is 0. The summed E-state index contributed by atoms with van der Waals surface area (Å²) >= 11 is 0. The van der Waals surface area contributed by atoms with E-state index in [2.05, 4.69) is 5.32 Å². The van der Waals surface area contributed by atoms with Crippen LogP contribution in [0.1, 0.15) is 33.6 Å². The van der Waals surface area contributed by atoms with E-state index in [1.807, 2.05) is 0 Å². The first kappa shape index (κ1) is 14.8. The summed E-state index contributed by atoms with van der Waals surface area (Å²) in [6.45, 7) is 4.12. The third-order valence-electron chi connectivity index (χ3n) is 2.25. The van der Waals surface area contributed by atoms with Gasteiger partial charge in [0.25, 0.3) is 0 Å². The smallest absolute Gasteiger partial charge is 0.326 e. The average molecular weight is 237 g/mol. The third kappa shape index (κ3) is 4.55. The molecule has 0 aliphatic rings. The fourth-order valence-corrected chi connectivity index (χ4v) is 1.07. The first-order valence-corrected chi connectivity index (χ1v) is 5.01. The molecule has 94 valence electrons. The number of halogens is 2. The van der Waals surface area contributed by atoms with Crippen molar-refractivity contribution in [2.24, 2.45) is 5.41 Å². The average Bonchev–Trinajstić information content (AvgIpc) is 2.12. The van der Waals surface area contributed by atoms with Crippen LogP contribution in [0.15, 0.2) is 0 Å². The zero-order valence-electron chi connectivity index (χ0n) is 9.59. The summed E-state index contributed by atoms with van der Waals surface area (Å²) in [6, 6.07) is -1.01. The zero-order chi connectivity index (χ0) is 12.9. The minimum Gasteiger partial charge on any atom is -0.480 e. The number of carboxylic acid groups (broad SMARTS) is 1. The molecule has 0 fully saturated rings. The molecule has 0 radical (unpaired) electrons. The van der Waals surface area contributed by atoms with Crippen LogP contribution < -0.4 is 5.32 Å². The molecule has 0 aromatic carbocycles. The van der Waals surface area contributed by atoms with Gasteiger partial charge in [-0.3, -0.25) is 4.79 Å². The molecule has 0 aromatic rings. The van der Waals surface area contributed by atoms with Gasteiger partial charge < -0.3 is 10.4 Å². The predicted octanol–water partition coefficient (Wildman–Crippen LogP) is 1.65. The molecule has 4 nitrogen and oxygen atoms in total. The molecule has 0 spiro atoms. The van der Waals surface area contributed by atoms with Crippen LogP contribution in [0.25, 0.3) is 0 Å². The van der Waals surface area contributed by atoms with Gasteiger partial charge in [0, 0.05) is 11.8 Å². The molecule has 6 heteroatoms. The van der Waals surface area contributed by atoms with Crippen LogP contribution in [-0.2, 0) is 9.59 Å². The minimum absolute atomic E-state index is 0.218. The molecule has 0 aromatic heterocycles. The van der Waals surface area contributed by atoms with Crippen LogP contribution in [0, 0.1) is 5.41 Å². The van der Waals surface area contributed by atoms with Crippen molar-refractivity contribution < 1.29 is 23.5 Å². The Morgan fingerprint density at radius 1 is 1.38 bits per heavy atom. The quantitative estimate of drug-likeness (QED) is 0.738. The molecule has 1 unspecified atom stereocenters. The maximum atomic E-state index is 12.5. The van der Waals surface area contributed by atoms with E-state index in [-0.39, 0.29) is 6.42 Å². The lowest BCUT2D eigenvalue weighted by Gasteiger charge is -2.23. The molecule has 0 bridgehead atoms. The van der Waals surface area contributed by atoms with Crippen LogP contribution in [0.3, 0.4) is 0 Å². The Balaban J connectivity index is 4.33. The number of carbonyl (C=O) groups excluding carboxylic acids is 1. The molecule has 0 aliphatic carbocycles. The number of rotatable bonds is 6. The van der Waals surface area contributed by atoms with Gasteiger partial charge in [-0.05, 0) is 6.42 Å². The van der Waals surface area contributed by atoms with E-state index in [1.165, 1.54) is 13.8 Å². The summed E-state index contributed by atoms with van der Waals surface area (Å²) in [5.74, 6) is -1.83. The second-order valence-electron chi connectivity index (χ2n) is 4.33. The van der Waals surface area contributed by atoms with E-state index >= 15 is 0 Å². The van der Waals surface area contributed by atoms with Gasteiger partial charge in [0.05, 0.1) is 0 Å². The lowest BCUT2D eigenvalue weighted by atomic mass is 9.89. The summed E-state index contributed by atoms with van der Waals surface area (Å²) < 4.78 is 24.9. The fourth-order valence-electron chi connectivity index (χ4n) is 1.07. The maximum absolute atomic E-state index is 12.5. The normalized spacial score (nSPS) is 13.6. The van der Waals surface area contributed by atoms with E-state index in [9.17, 15) is 18.4 Å². The van der Waals surface area contributed by atoms with Crippen molar-refractivity contribution in [2.75, 3.05) is 0 Å². The van der Waals surface area contributed by atoms with Gasteiger partial charge in [0.2, 0.25) is 12.3 Å². The van der Waals surface area contributed by atoms with Gasteiger partial charge in [-0.2, -0.15) is 0 Å². The Bertz CT molecular complexity index is 267. The van der Waals surface area contributed by atoms with Crippen LogP contribution in [0.5, 0.6) is 0 Å². The fraction of sp³-hybridized carbons (Fsp3) is 0.800. The summed E-state index contributed by atoms with van der Waals surface area (Å²) in [4.78, 5) is 21.9. The van der Waals surface area contributed by atoms with Crippen LogP contribution >= 0.6 is 0 Å². The Labute approximate surface area is 93.0 Å². The van der Waals surface area contributed by atoms with Gasteiger partial charge in [-0.1, -0.05) is 20.8 Å². The number of hydrogen-bond donors (Lipinski definition) is 2. The Morgan fingerprint density at radius 3 is 2.19 bits per heavy atom. The van der Waals surface area contributed by atoms with Gasteiger partial charge in [0.15, 0.2) is 0 Å². The molecule has 0 rings (SSSR count). The number of carbonyl (C=O) groups is 2. The molecule has 1 atom stereocenters. The SMILES string of the molecule is CCC(NC(=O)CC(C)(C)C(F)F)C(=O)O. The molecule has 16 heavy (non-hydrogen) atoms. The first-order valence-electron chi connectivity index (χ1n) is 5.01. The predicted molar refractivity (Wildman–Crippen MR) is 54.3 cm³/mol. The lowest BCUT2D eigenvalue weighted by Crippen LogP contribution is -2.42. The Hall–Kier alpha value is -1.20. The van der Waals surface area contributed by atoms with Crippen LogP contribution in [0.2, 0.25) is 0 Å². The van der Waals surface area contributed by atoms with Crippen LogP contribution in [0.4, 0.5) is 8.78 Å². The Kier molecular flexibility index (Phi) is 5.33. The van der Waals surface area contributed by atoms with Gasteiger partial charge in [-0.15, -0.1) is 0 Å². The van der Waals surface area contributed by atoms with E-state index in [4.69, 9.17) is 5.11 Å². The summed E-state index contributed by atoms with van der Waals surface area (Å²) in [5.41, 5.74) is -1.44. The number of hydrogen-bond acceptors (Lipinski definition) is 2. The second kappa shape index (κ2) is 5.77. The van der Waals surface area contributed by atoms with E-state index in [0.717, 1.165) is 0 Å². The third-order valence-corrected chi connectivity index (χ3v) is 2.25. The second-order valence-corrected chi connectivity index (χ2v) is 4.33. The first-order chi connectivity index (χ1) is 7.20. The van der Waals surface area contributed by atoms with Crippen molar-refractivity contribution in [3.8, 4) is 0 Å². The Morgan fingerprint density at radius 2 is 1.88 bits per heavy atom. The minimum atomic E-state index is -2.62. The molecular formula is C10H17F2NO3. The summed E-state index contributed by atoms with van der Waals surface area (Å²) in [6.07, 6.45) is -2.80. The number of nitrogens with one attached hydrogen (secondary N) is 1. The van der Waals surface area contributed by atoms with Crippen molar-refractivity contribution >= 4 is 11.9 Å². The maximum Gasteiger partial charge on any atom is 0.326 e. The number of alkyl halides is 2. The highest BCUT2D eigenvalue weighted by molar-refractivity contribution is 5.83. The molecule has 2 N–H and O–H groups in total. The molecule has 0 saturated heterocycles. The zero-order valence-corrected chi connectivity index (χ0v) is 9.59. The van der Waals surface area contributed by atoms with Crippen molar-refractivity contribution in [1.82, 2.24) is 5.32 Å². The highest BCUT2D eigenvalue weighted by Crippen LogP contribution is 2.28. The molecule has 0 saturated carbocycles. The van der Waals surface area contributed by atoms with E-state index < -0.39 is 36.2 Å². The topological polar surface area (TPSA) is 66.4 Å². The van der Waals surface area contributed by atoms with Crippen molar-refractivity contribution in [3.05, 3.63) is 0 Å². The van der Waals surface area contributed by atoms with Gasteiger partial charge in [-0.25, -0.2) is 13.6 Å². The van der Waals surface area contributed by atoms with Crippen LogP contribution in [-0.4, -0.2) is 29.5 Å². The van der Waals surface area contributed by atoms with Gasteiger partial charge >= 0.3 is 5.97 Å². The van der Waals surface area contributed by atoms with Crippen molar-refractivity contribution in [2.45, 2.75) is 46.1 Å². The molecule has 1 amide bonds. The largest absolute Gasteiger partial charge is 0.480 e. The highest BCUT2D eigenvalue weighted by atomic mass is 19.3. The van der Waals surface area contributed by atoms with Crippen molar-refractivity contribution in [1.29, 1.82) is 0 Å². The molecule has 0 aliphatic heterocycles. The molecular weight excluding hydrogens is 220 g/mol. The molecule has 0 heterocycles. The monoisotopic (exact) mass is 237 g/mol. The lowest BCUT2D eigenvalue weighted by molar-refractivity contribution is -0.142. The number of amides is 1. The number of aliphatic carboxylic acids is 1. The number of carboxylic acids is 1.